The molecule has 1 N–H and O–H groups in total. The zero-order chi connectivity index (χ0) is 17.5. The first-order valence-corrected chi connectivity index (χ1v) is 9.12. The lowest BCUT2D eigenvalue weighted by atomic mass is 10.1. The highest BCUT2D eigenvalue weighted by Gasteiger charge is 2.21. The standard InChI is InChI=1S/C19H28N2O4/c1-15-13-21(7-10-24-15)19(22)20-12-16-3-2-4-17(11-16)14-25-18-5-8-23-9-6-18/h2-4,11,15,18H,5-10,12-14H2,1H3,(H,20,22)/t15-/m1/s1. The molecule has 0 radical (unpaired) electrons. The van der Waals surface area contributed by atoms with Crippen LogP contribution in [0.5, 0.6) is 0 Å². The lowest BCUT2D eigenvalue weighted by Crippen LogP contribution is -2.48. The van der Waals surface area contributed by atoms with E-state index >= 15 is 0 Å². The second-order valence-electron chi connectivity index (χ2n) is 6.73. The van der Waals surface area contributed by atoms with Crippen LogP contribution in [0.15, 0.2) is 24.3 Å². The lowest BCUT2D eigenvalue weighted by Gasteiger charge is -2.31. The van der Waals surface area contributed by atoms with E-state index in [-0.39, 0.29) is 12.1 Å². The highest BCUT2D eigenvalue weighted by molar-refractivity contribution is 5.74. The molecule has 3 rings (SSSR count). The van der Waals surface area contributed by atoms with E-state index in [9.17, 15) is 4.79 Å². The van der Waals surface area contributed by atoms with Crippen LogP contribution in [-0.4, -0.2) is 56.0 Å². The van der Waals surface area contributed by atoms with Gasteiger partial charge in [-0.05, 0) is 30.9 Å². The normalized spacial score (nSPS) is 22.0. The van der Waals surface area contributed by atoms with Crippen molar-refractivity contribution in [2.45, 2.75) is 45.1 Å². The van der Waals surface area contributed by atoms with Gasteiger partial charge in [-0.25, -0.2) is 4.79 Å². The van der Waals surface area contributed by atoms with Gasteiger partial charge in [-0.1, -0.05) is 24.3 Å². The maximum absolute atomic E-state index is 12.3. The molecule has 2 fully saturated rings. The van der Waals surface area contributed by atoms with Crippen molar-refractivity contribution in [3.63, 3.8) is 0 Å². The summed E-state index contributed by atoms with van der Waals surface area (Å²) in [5, 5.41) is 3.00. The van der Waals surface area contributed by atoms with Crippen molar-refractivity contribution in [1.29, 1.82) is 0 Å². The van der Waals surface area contributed by atoms with Crippen LogP contribution in [-0.2, 0) is 27.4 Å². The third-order valence-corrected chi connectivity index (χ3v) is 4.62. The van der Waals surface area contributed by atoms with E-state index in [2.05, 4.69) is 17.4 Å². The Morgan fingerprint density at radius 2 is 2.08 bits per heavy atom. The predicted molar refractivity (Wildman–Crippen MR) is 94.3 cm³/mol. The van der Waals surface area contributed by atoms with Crippen molar-refractivity contribution in [2.24, 2.45) is 0 Å². The van der Waals surface area contributed by atoms with E-state index in [1.165, 1.54) is 0 Å². The fourth-order valence-corrected chi connectivity index (χ4v) is 3.18. The van der Waals surface area contributed by atoms with Gasteiger partial charge in [0.25, 0.3) is 0 Å². The number of nitrogens with zero attached hydrogens (tertiary/aromatic N) is 1. The fraction of sp³-hybridized carbons (Fsp3) is 0.632. The number of morpholine rings is 1. The minimum absolute atomic E-state index is 0.0287. The summed E-state index contributed by atoms with van der Waals surface area (Å²) in [5.74, 6) is 0. The second kappa shape index (κ2) is 9.17. The van der Waals surface area contributed by atoms with Crippen molar-refractivity contribution < 1.29 is 19.0 Å². The Bertz CT molecular complexity index is 560. The van der Waals surface area contributed by atoms with E-state index in [4.69, 9.17) is 14.2 Å². The molecular formula is C19H28N2O4. The number of carbonyl (C=O) groups is 1. The van der Waals surface area contributed by atoms with E-state index in [1.807, 2.05) is 24.0 Å². The summed E-state index contributed by atoms with van der Waals surface area (Å²) < 4.78 is 16.8. The number of carbonyl (C=O) groups excluding carboxylic acids is 1. The maximum atomic E-state index is 12.3. The van der Waals surface area contributed by atoms with Crippen LogP contribution in [0, 0.1) is 0 Å². The van der Waals surface area contributed by atoms with Crippen LogP contribution in [0.3, 0.4) is 0 Å². The molecule has 6 nitrogen and oxygen atoms in total. The monoisotopic (exact) mass is 348 g/mol. The lowest BCUT2D eigenvalue weighted by molar-refractivity contribution is -0.0390. The van der Waals surface area contributed by atoms with Crippen LogP contribution in [0.4, 0.5) is 4.79 Å². The van der Waals surface area contributed by atoms with Gasteiger partial charge in [-0.15, -0.1) is 0 Å². The Morgan fingerprint density at radius 3 is 2.88 bits per heavy atom. The van der Waals surface area contributed by atoms with E-state index in [0.29, 0.717) is 39.0 Å². The van der Waals surface area contributed by atoms with E-state index in [0.717, 1.165) is 37.2 Å². The fourth-order valence-electron chi connectivity index (χ4n) is 3.18. The predicted octanol–water partition coefficient (Wildman–Crippen LogP) is 2.31. The molecule has 0 unspecified atom stereocenters. The number of ether oxygens (including phenoxy) is 3. The topological polar surface area (TPSA) is 60.0 Å². The van der Waals surface area contributed by atoms with Gasteiger partial charge in [0, 0.05) is 32.8 Å². The largest absolute Gasteiger partial charge is 0.381 e. The molecule has 0 bridgehead atoms. The molecule has 25 heavy (non-hydrogen) atoms. The quantitative estimate of drug-likeness (QED) is 0.887. The summed E-state index contributed by atoms with van der Waals surface area (Å²) in [4.78, 5) is 14.1. The van der Waals surface area contributed by atoms with Crippen molar-refractivity contribution in [2.75, 3.05) is 32.9 Å². The number of rotatable bonds is 5. The summed E-state index contributed by atoms with van der Waals surface area (Å²) in [6.45, 7) is 6.59. The number of hydrogen-bond acceptors (Lipinski definition) is 4. The smallest absolute Gasteiger partial charge is 0.317 e. The molecule has 0 saturated carbocycles. The molecule has 2 saturated heterocycles. The zero-order valence-electron chi connectivity index (χ0n) is 14.9. The highest BCUT2D eigenvalue weighted by Crippen LogP contribution is 2.14. The number of amides is 2. The van der Waals surface area contributed by atoms with Crippen LogP contribution in [0.25, 0.3) is 0 Å². The molecule has 1 aromatic rings. The average Bonchev–Trinajstić information content (AvgIpc) is 2.66. The third kappa shape index (κ3) is 5.70. The Labute approximate surface area is 149 Å². The molecule has 1 aromatic carbocycles. The molecule has 2 aliphatic rings. The van der Waals surface area contributed by atoms with Gasteiger partial charge in [-0.2, -0.15) is 0 Å². The van der Waals surface area contributed by atoms with Crippen LogP contribution < -0.4 is 5.32 Å². The van der Waals surface area contributed by atoms with E-state index in [1.54, 1.807) is 0 Å². The molecule has 2 amide bonds. The Hall–Kier alpha value is -1.63. The minimum Gasteiger partial charge on any atom is -0.381 e. The van der Waals surface area contributed by atoms with Gasteiger partial charge in [0.2, 0.25) is 0 Å². The van der Waals surface area contributed by atoms with Gasteiger partial charge in [0.15, 0.2) is 0 Å². The number of hydrogen-bond donors (Lipinski definition) is 1. The maximum Gasteiger partial charge on any atom is 0.317 e. The Kier molecular flexibility index (Phi) is 6.67. The SMILES string of the molecule is C[C@@H]1CN(C(=O)NCc2cccc(COC3CCOCC3)c2)CCO1. The Morgan fingerprint density at radius 1 is 1.28 bits per heavy atom. The first-order valence-electron chi connectivity index (χ1n) is 9.12. The zero-order valence-corrected chi connectivity index (χ0v) is 14.9. The van der Waals surface area contributed by atoms with Gasteiger partial charge in [0.05, 0.1) is 25.4 Å². The summed E-state index contributed by atoms with van der Waals surface area (Å²) >= 11 is 0. The summed E-state index contributed by atoms with van der Waals surface area (Å²) in [6, 6.07) is 8.18. The van der Waals surface area contributed by atoms with Gasteiger partial charge < -0.3 is 24.4 Å². The molecular weight excluding hydrogens is 320 g/mol. The van der Waals surface area contributed by atoms with Crippen LogP contribution in [0.2, 0.25) is 0 Å². The molecule has 0 spiro atoms. The first-order chi connectivity index (χ1) is 12.2. The number of benzene rings is 1. The molecule has 6 heteroatoms. The molecule has 138 valence electrons. The van der Waals surface area contributed by atoms with Crippen LogP contribution in [0.1, 0.15) is 30.9 Å². The number of nitrogens with one attached hydrogen (secondary N) is 1. The van der Waals surface area contributed by atoms with Gasteiger partial charge >= 0.3 is 6.03 Å². The van der Waals surface area contributed by atoms with Crippen molar-refractivity contribution in [3.8, 4) is 0 Å². The highest BCUT2D eigenvalue weighted by atomic mass is 16.5. The Balaban J connectivity index is 1.45. The first kappa shape index (κ1) is 18.2. The van der Waals surface area contributed by atoms with E-state index < -0.39 is 0 Å². The molecule has 2 aliphatic heterocycles. The van der Waals surface area contributed by atoms with Gasteiger partial charge in [0.1, 0.15) is 0 Å². The summed E-state index contributed by atoms with van der Waals surface area (Å²) in [7, 11) is 0. The third-order valence-electron chi connectivity index (χ3n) is 4.62. The number of urea groups is 1. The minimum atomic E-state index is -0.0287. The van der Waals surface area contributed by atoms with Crippen molar-refractivity contribution >= 4 is 6.03 Å². The average molecular weight is 348 g/mol. The summed E-state index contributed by atoms with van der Waals surface area (Å²) in [6.07, 6.45) is 2.33. The van der Waals surface area contributed by atoms with Crippen molar-refractivity contribution in [3.05, 3.63) is 35.4 Å². The molecule has 0 aliphatic carbocycles. The molecule has 1 atom stereocenters. The van der Waals surface area contributed by atoms with Gasteiger partial charge in [-0.3, -0.25) is 0 Å². The summed E-state index contributed by atoms with van der Waals surface area (Å²) in [5.41, 5.74) is 2.22. The molecule has 2 heterocycles. The second-order valence-corrected chi connectivity index (χ2v) is 6.73. The molecule has 0 aromatic heterocycles. The van der Waals surface area contributed by atoms with Crippen LogP contribution >= 0.6 is 0 Å². The van der Waals surface area contributed by atoms with Crippen molar-refractivity contribution in [1.82, 2.24) is 10.2 Å².